The predicted octanol–water partition coefficient (Wildman–Crippen LogP) is 4.28. The fraction of sp³-hybridized carbons (Fsp3) is 0.0667. The maximum atomic E-state index is 13.5. The maximum Gasteiger partial charge on any atom is 0.125 e. The van der Waals surface area contributed by atoms with Crippen LogP contribution in [0.4, 0.5) is 4.39 Å². The van der Waals surface area contributed by atoms with E-state index in [2.05, 4.69) is 4.98 Å². The van der Waals surface area contributed by atoms with E-state index in [1.165, 1.54) is 12.1 Å². The second-order valence-electron chi connectivity index (χ2n) is 4.26. The van der Waals surface area contributed by atoms with E-state index in [1.807, 2.05) is 31.2 Å². The zero-order chi connectivity index (χ0) is 13.4. The summed E-state index contributed by atoms with van der Waals surface area (Å²) in [6.07, 6.45) is 0. The molecule has 1 heterocycles. The van der Waals surface area contributed by atoms with Gasteiger partial charge in [-0.15, -0.1) is 11.3 Å². The second kappa shape index (κ2) is 4.45. The van der Waals surface area contributed by atoms with Crippen molar-refractivity contribution in [1.29, 1.82) is 5.26 Å². The molecule has 19 heavy (non-hydrogen) atoms. The minimum Gasteiger partial charge on any atom is -0.241 e. The minimum atomic E-state index is -0.399. The zero-order valence-corrected chi connectivity index (χ0v) is 11.0. The smallest absolute Gasteiger partial charge is 0.125 e. The first-order valence-electron chi connectivity index (χ1n) is 5.74. The van der Waals surface area contributed by atoms with Gasteiger partial charge in [0.25, 0.3) is 0 Å². The standard InChI is InChI=1S/C15H9FN2S/c1-9-18-14-7-11(2-3-15(14)19-9)12-4-10(8-17)5-13(16)6-12/h2-7H,1H3. The van der Waals surface area contributed by atoms with Gasteiger partial charge in [-0.05, 0) is 48.4 Å². The highest BCUT2D eigenvalue weighted by molar-refractivity contribution is 7.18. The average Bonchev–Trinajstić information content (AvgIpc) is 2.76. The number of aromatic nitrogens is 1. The molecule has 3 rings (SSSR count). The van der Waals surface area contributed by atoms with Crippen molar-refractivity contribution in [2.75, 3.05) is 0 Å². The Morgan fingerprint density at radius 3 is 2.79 bits per heavy atom. The molecule has 0 spiro atoms. The molecule has 0 saturated heterocycles. The van der Waals surface area contributed by atoms with E-state index in [-0.39, 0.29) is 0 Å². The summed E-state index contributed by atoms with van der Waals surface area (Å²) in [6, 6.07) is 12.1. The van der Waals surface area contributed by atoms with E-state index in [9.17, 15) is 4.39 Å². The lowest BCUT2D eigenvalue weighted by atomic mass is 10.0. The Kier molecular flexibility index (Phi) is 2.77. The molecular formula is C15H9FN2S. The number of nitriles is 1. The van der Waals surface area contributed by atoms with Gasteiger partial charge in [-0.25, -0.2) is 9.37 Å². The average molecular weight is 268 g/mol. The normalized spacial score (nSPS) is 10.6. The number of thiazole rings is 1. The molecule has 0 aliphatic rings. The van der Waals surface area contributed by atoms with Crippen molar-refractivity contribution in [3.05, 3.63) is 52.8 Å². The molecule has 4 heteroatoms. The van der Waals surface area contributed by atoms with Gasteiger partial charge in [-0.2, -0.15) is 5.26 Å². The van der Waals surface area contributed by atoms with E-state index in [1.54, 1.807) is 17.4 Å². The highest BCUT2D eigenvalue weighted by Gasteiger charge is 2.06. The lowest BCUT2D eigenvalue weighted by Crippen LogP contribution is -1.84. The molecule has 0 atom stereocenters. The monoisotopic (exact) mass is 268 g/mol. The fourth-order valence-corrected chi connectivity index (χ4v) is 2.85. The Balaban J connectivity index is 2.18. The van der Waals surface area contributed by atoms with Crippen LogP contribution in [0.5, 0.6) is 0 Å². The second-order valence-corrected chi connectivity index (χ2v) is 5.49. The van der Waals surface area contributed by atoms with Gasteiger partial charge in [-0.3, -0.25) is 0 Å². The molecule has 0 radical (unpaired) electrons. The summed E-state index contributed by atoms with van der Waals surface area (Å²) in [7, 11) is 0. The van der Waals surface area contributed by atoms with E-state index < -0.39 is 5.82 Å². The minimum absolute atomic E-state index is 0.324. The molecule has 92 valence electrons. The van der Waals surface area contributed by atoms with E-state index >= 15 is 0 Å². The van der Waals surface area contributed by atoms with Crippen LogP contribution in [0.3, 0.4) is 0 Å². The quantitative estimate of drug-likeness (QED) is 0.660. The van der Waals surface area contributed by atoms with Crippen LogP contribution in [0.1, 0.15) is 10.6 Å². The van der Waals surface area contributed by atoms with E-state index in [0.717, 1.165) is 20.8 Å². The molecule has 0 bridgehead atoms. The Morgan fingerprint density at radius 2 is 2.00 bits per heavy atom. The van der Waals surface area contributed by atoms with Gasteiger partial charge in [0.1, 0.15) is 5.82 Å². The predicted molar refractivity (Wildman–Crippen MR) is 74.5 cm³/mol. The summed E-state index contributed by atoms with van der Waals surface area (Å²) in [5, 5.41) is 9.88. The van der Waals surface area contributed by atoms with Crippen molar-refractivity contribution < 1.29 is 4.39 Å². The number of rotatable bonds is 1. The van der Waals surface area contributed by atoms with Crippen LogP contribution in [0.15, 0.2) is 36.4 Å². The number of halogens is 1. The molecule has 2 aromatic carbocycles. The lowest BCUT2D eigenvalue weighted by Gasteiger charge is -2.02. The summed E-state index contributed by atoms with van der Waals surface area (Å²) in [5.74, 6) is -0.399. The SMILES string of the molecule is Cc1nc2cc(-c3cc(F)cc(C#N)c3)ccc2s1. The molecule has 0 N–H and O–H groups in total. The van der Waals surface area contributed by atoms with Crippen molar-refractivity contribution in [2.24, 2.45) is 0 Å². The summed E-state index contributed by atoms with van der Waals surface area (Å²) >= 11 is 1.63. The molecule has 0 unspecified atom stereocenters. The number of hydrogen-bond donors (Lipinski definition) is 0. The largest absolute Gasteiger partial charge is 0.241 e. The molecule has 0 fully saturated rings. The molecule has 0 saturated carbocycles. The molecule has 0 amide bonds. The Bertz CT molecular complexity index is 815. The van der Waals surface area contributed by atoms with Gasteiger partial charge in [-0.1, -0.05) is 6.07 Å². The van der Waals surface area contributed by atoms with E-state index in [0.29, 0.717) is 11.1 Å². The van der Waals surface area contributed by atoms with Crippen LogP contribution >= 0.6 is 11.3 Å². The van der Waals surface area contributed by atoms with Crippen LogP contribution < -0.4 is 0 Å². The van der Waals surface area contributed by atoms with Crippen molar-refractivity contribution in [3.63, 3.8) is 0 Å². The summed E-state index contributed by atoms with van der Waals surface area (Å²) < 4.78 is 14.6. The molecule has 1 aromatic heterocycles. The topological polar surface area (TPSA) is 36.7 Å². The van der Waals surface area contributed by atoms with Gasteiger partial charge >= 0.3 is 0 Å². The summed E-state index contributed by atoms with van der Waals surface area (Å²) in [6.45, 7) is 1.96. The first kappa shape index (κ1) is 11.8. The lowest BCUT2D eigenvalue weighted by molar-refractivity contribution is 0.628. The number of hydrogen-bond acceptors (Lipinski definition) is 3. The molecule has 0 aliphatic carbocycles. The third-order valence-electron chi connectivity index (χ3n) is 2.85. The van der Waals surface area contributed by atoms with Crippen LogP contribution in [-0.4, -0.2) is 4.98 Å². The van der Waals surface area contributed by atoms with Gasteiger partial charge in [0.2, 0.25) is 0 Å². The number of nitrogens with zero attached hydrogens (tertiary/aromatic N) is 2. The van der Waals surface area contributed by atoms with Gasteiger partial charge in [0, 0.05) is 0 Å². The van der Waals surface area contributed by atoms with Crippen LogP contribution in [-0.2, 0) is 0 Å². The summed E-state index contributed by atoms with van der Waals surface area (Å²) in [4.78, 5) is 4.42. The fourth-order valence-electron chi connectivity index (χ4n) is 2.04. The van der Waals surface area contributed by atoms with Gasteiger partial charge < -0.3 is 0 Å². The Labute approximate surface area is 113 Å². The summed E-state index contributed by atoms with van der Waals surface area (Å²) in [5.41, 5.74) is 2.80. The number of aryl methyl sites for hydroxylation is 1. The first-order valence-corrected chi connectivity index (χ1v) is 6.55. The van der Waals surface area contributed by atoms with Crippen molar-refractivity contribution >= 4 is 21.6 Å². The first-order chi connectivity index (χ1) is 9.15. The highest BCUT2D eigenvalue weighted by atomic mass is 32.1. The zero-order valence-electron chi connectivity index (χ0n) is 10.1. The Hall–Kier alpha value is -2.25. The third-order valence-corrected chi connectivity index (χ3v) is 3.81. The molecule has 3 aromatic rings. The van der Waals surface area contributed by atoms with Crippen molar-refractivity contribution in [3.8, 4) is 17.2 Å². The molecule has 0 aliphatic heterocycles. The molecule has 2 nitrogen and oxygen atoms in total. The van der Waals surface area contributed by atoms with Crippen molar-refractivity contribution in [2.45, 2.75) is 6.92 Å². The molecular weight excluding hydrogens is 259 g/mol. The third kappa shape index (κ3) is 2.20. The number of fused-ring (bicyclic) bond motifs is 1. The van der Waals surface area contributed by atoms with Crippen LogP contribution in [0, 0.1) is 24.1 Å². The Morgan fingerprint density at radius 1 is 1.16 bits per heavy atom. The van der Waals surface area contributed by atoms with Crippen LogP contribution in [0.2, 0.25) is 0 Å². The van der Waals surface area contributed by atoms with Gasteiger partial charge in [0.05, 0.1) is 26.9 Å². The van der Waals surface area contributed by atoms with Gasteiger partial charge in [0.15, 0.2) is 0 Å². The van der Waals surface area contributed by atoms with Crippen molar-refractivity contribution in [1.82, 2.24) is 4.98 Å². The van der Waals surface area contributed by atoms with E-state index in [4.69, 9.17) is 5.26 Å². The highest BCUT2D eigenvalue weighted by Crippen LogP contribution is 2.28. The van der Waals surface area contributed by atoms with Crippen LogP contribution in [0.25, 0.3) is 21.3 Å². The number of benzene rings is 2. The maximum absolute atomic E-state index is 13.5.